The first-order valence-corrected chi connectivity index (χ1v) is 9.56. The molecule has 2 aromatic rings. The van der Waals surface area contributed by atoms with E-state index in [1.165, 1.54) is 5.56 Å². The van der Waals surface area contributed by atoms with Gasteiger partial charge in [0.2, 0.25) is 5.91 Å². The maximum absolute atomic E-state index is 12.5. The highest BCUT2D eigenvalue weighted by molar-refractivity contribution is 5.94. The summed E-state index contributed by atoms with van der Waals surface area (Å²) >= 11 is 0. The zero-order valence-corrected chi connectivity index (χ0v) is 15.7. The van der Waals surface area contributed by atoms with E-state index in [1.54, 1.807) is 6.20 Å². The molecular weight excluding hydrogens is 342 g/mol. The van der Waals surface area contributed by atoms with Crippen LogP contribution in [0.1, 0.15) is 54.6 Å². The number of rotatable bonds is 5. The summed E-state index contributed by atoms with van der Waals surface area (Å²) in [6.07, 6.45) is 5.14. The molecule has 0 radical (unpaired) electrons. The standard InChI is InChI=1S/C20H25N5O2/c1-13(2)14-3-5-15(6-4-14)19(26)22-17-11-24(12-17)20(27)16-9-18(10-16)25-8-7-21-23-25/h3-8,13,16-18H,9-12H2,1-2H3,(H,22,26). The normalized spacial score (nSPS) is 22.3. The lowest BCUT2D eigenvalue weighted by molar-refractivity contribution is -0.144. The van der Waals surface area contributed by atoms with Crippen LogP contribution in [0.3, 0.4) is 0 Å². The van der Waals surface area contributed by atoms with Gasteiger partial charge < -0.3 is 10.2 Å². The number of nitrogens with zero attached hydrogens (tertiary/aromatic N) is 4. The number of carbonyl (C=O) groups excluding carboxylic acids is 2. The van der Waals surface area contributed by atoms with Gasteiger partial charge in [0.05, 0.1) is 18.3 Å². The smallest absolute Gasteiger partial charge is 0.251 e. The summed E-state index contributed by atoms with van der Waals surface area (Å²) < 4.78 is 1.83. The highest BCUT2D eigenvalue weighted by Crippen LogP contribution is 2.38. The molecule has 2 amide bonds. The van der Waals surface area contributed by atoms with E-state index in [0.717, 1.165) is 12.8 Å². The Morgan fingerprint density at radius 3 is 2.44 bits per heavy atom. The number of nitrogens with one attached hydrogen (secondary N) is 1. The van der Waals surface area contributed by atoms with E-state index >= 15 is 0 Å². The van der Waals surface area contributed by atoms with E-state index in [-0.39, 0.29) is 29.8 Å². The minimum atomic E-state index is -0.0719. The third-order valence-corrected chi connectivity index (χ3v) is 5.65. The van der Waals surface area contributed by atoms with Crippen LogP contribution in [-0.4, -0.2) is 50.8 Å². The third kappa shape index (κ3) is 3.59. The first-order chi connectivity index (χ1) is 13.0. The molecular formula is C20H25N5O2. The minimum absolute atomic E-state index is 0.0393. The molecule has 1 aliphatic carbocycles. The molecule has 0 bridgehead atoms. The number of aromatic nitrogens is 3. The summed E-state index contributed by atoms with van der Waals surface area (Å²) in [5.41, 5.74) is 1.88. The van der Waals surface area contributed by atoms with Crippen molar-refractivity contribution in [3.05, 3.63) is 47.8 Å². The number of hydrogen-bond acceptors (Lipinski definition) is 4. The highest BCUT2D eigenvalue weighted by atomic mass is 16.2. The summed E-state index contributed by atoms with van der Waals surface area (Å²) in [4.78, 5) is 26.7. The van der Waals surface area contributed by atoms with Gasteiger partial charge in [-0.2, -0.15) is 0 Å². The fraction of sp³-hybridized carbons (Fsp3) is 0.500. The lowest BCUT2D eigenvalue weighted by Crippen LogP contribution is -2.62. The lowest BCUT2D eigenvalue weighted by Gasteiger charge is -2.44. The fourth-order valence-electron chi connectivity index (χ4n) is 3.71. The van der Waals surface area contributed by atoms with Crippen molar-refractivity contribution in [2.24, 2.45) is 5.92 Å². The second-order valence-electron chi connectivity index (χ2n) is 7.90. The Kier molecular flexibility index (Phi) is 4.68. The van der Waals surface area contributed by atoms with Gasteiger partial charge in [-0.25, -0.2) is 4.68 Å². The Morgan fingerprint density at radius 2 is 1.85 bits per heavy atom. The van der Waals surface area contributed by atoms with Gasteiger partial charge in [0.15, 0.2) is 0 Å². The maximum Gasteiger partial charge on any atom is 0.251 e. The van der Waals surface area contributed by atoms with Crippen molar-refractivity contribution in [1.82, 2.24) is 25.2 Å². The molecule has 2 heterocycles. The Morgan fingerprint density at radius 1 is 1.15 bits per heavy atom. The van der Waals surface area contributed by atoms with Crippen LogP contribution in [-0.2, 0) is 4.79 Å². The van der Waals surface area contributed by atoms with Crippen molar-refractivity contribution in [3.8, 4) is 0 Å². The number of hydrogen-bond donors (Lipinski definition) is 1. The zero-order chi connectivity index (χ0) is 19.0. The molecule has 2 aliphatic rings. The average Bonchev–Trinajstić information content (AvgIpc) is 3.10. The molecule has 1 aliphatic heterocycles. The molecule has 2 fully saturated rings. The maximum atomic E-state index is 12.5. The second-order valence-corrected chi connectivity index (χ2v) is 7.90. The molecule has 7 heteroatoms. The number of amides is 2. The number of carbonyl (C=O) groups is 2. The summed E-state index contributed by atoms with van der Waals surface area (Å²) in [6.45, 7) is 5.45. The highest BCUT2D eigenvalue weighted by Gasteiger charge is 2.42. The van der Waals surface area contributed by atoms with Crippen LogP contribution in [0.4, 0.5) is 0 Å². The number of benzene rings is 1. The quantitative estimate of drug-likeness (QED) is 0.876. The van der Waals surface area contributed by atoms with Gasteiger partial charge in [-0.1, -0.05) is 31.2 Å². The molecule has 4 rings (SSSR count). The Bertz CT molecular complexity index is 803. The Balaban J connectivity index is 1.21. The molecule has 1 saturated heterocycles. The summed E-state index contributed by atoms with van der Waals surface area (Å²) in [5.74, 6) is 0.638. The van der Waals surface area contributed by atoms with Gasteiger partial charge in [0.25, 0.3) is 5.91 Å². The van der Waals surface area contributed by atoms with Gasteiger partial charge in [0.1, 0.15) is 0 Å². The third-order valence-electron chi connectivity index (χ3n) is 5.65. The first-order valence-electron chi connectivity index (χ1n) is 9.56. The van der Waals surface area contributed by atoms with Crippen LogP contribution >= 0.6 is 0 Å². The molecule has 1 N–H and O–H groups in total. The molecule has 7 nitrogen and oxygen atoms in total. The zero-order valence-electron chi connectivity index (χ0n) is 15.7. The van der Waals surface area contributed by atoms with Crippen molar-refractivity contribution >= 4 is 11.8 Å². The van der Waals surface area contributed by atoms with Crippen molar-refractivity contribution < 1.29 is 9.59 Å². The van der Waals surface area contributed by atoms with Crippen LogP contribution in [0.15, 0.2) is 36.7 Å². The first kappa shape index (κ1) is 17.7. The summed E-state index contributed by atoms with van der Waals surface area (Å²) in [5, 5.41) is 10.8. The predicted octanol–water partition coefficient (Wildman–Crippen LogP) is 1.99. The van der Waals surface area contributed by atoms with Crippen molar-refractivity contribution in [1.29, 1.82) is 0 Å². The van der Waals surface area contributed by atoms with E-state index in [9.17, 15) is 9.59 Å². The summed E-state index contributed by atoms with van der Waals surface area (Å²) in [7, 11) is 0. The molecule has 0 spiro atoms. The van der Waals surface area contributed by atoms with Crippen LogP contribution in [0.2, 0.25) is 0 Å². The van der Waals surface area contributed by atoms with Crippen molar-refractivity contribution in [2.45, 2.75) is 44.7 Å². The molecule has 0 unspecified atom stereocenters. The SMILES string of the molecule is CC(C)c1ccc(C(=O)NC2CN(C(=O)C3CC(n4ccnn4)C3)C2)cc1. The van der Waals surface area contributed by atoms with Gasteiger partial charge >= 0.3 is 0 Å². The van der Waals surface area contributed by atoms with Crippen LogP contribution < -0.4 is 5.32 Å². The second kappa shape index (κ2) is 7.13. The predicted molar refractivity (Wildman–Crippen MR) is 100 cm³/mol. The molecule has 27 heavy (non-hydrogen) atoms. The molecule has 142 valence electrons. The van der Waals surface area contributed by atoms with E-state index in [1.807, 2.05) is 40.0 Å². The van der Waals surface area contributed by atoms with Gasteiger partial charge in [-0.15, -0.1) is 5.10 Å². The number of likely N-dealkylation sites (tertiary alicyclic amines) is 1. The average molecular weight is 367 g/mol. The van der Waals surface area contributed by atoms with Gasteiger partial charge in [0, 0.05) is 30.8 Å². The monoisotopic (exact) mass is 367 g/mol. The fourth-order valence-corrected chi connectivity index (χ4v) is 3.71. The van der Waals surface area contributed by atoms with Crippen molar-refractivity contribution in [3.63, 3.8) is 0 Å². The molecule has 1 saturated carbocycles. The molecule has 1 aromatic heterocycles. The van der Waals surface area contributed by atoms with E-state index in [0.29, 0.717) is 24.6 Å². The Hall–Kier alpha value is -2.70. The lowest BCUT2D eigenvalue weighted by atomic mass is 9.78. The van der Waals surface area contributed by atoms with Gasteiger partial charge in [-0.05, 0) is 36.5 Å². The summed E-state index contributed by atoms with van der Waals surface area (Å²) in [6, 6.07) is 8.05. The minimum Gasteiger partial charge on any atom is -0.346 e. The molecule has 0 atom stereocenters. The van der Waals surface area contributed by atoms with Gasteiger partial charge in [-0.3, -0.25) is 9.59 Å². The van der Waals surface area contributed by atoms with E-state index < -0.39 is 0 Å². The Labute approximate surface area is 158 Å². The van der Waals surface area contributed by atoms with Crippen molar-refractivity contribution in [2.75, 3.05) is 13.1 Å². The molecule has 1 aromatic carbocycles. The van der Waals surface area contributed by atoms with Crippen LogP contribution in [0.5, 0.6) is 0 Å². The largest absolute Gasteiger partial charge is 0.346 e. The van der Waals surface area contributed by atoms with Crippen LogP contribution in [0.25, 0.3) is 0 Å². The van der Waals surface area contributed by atoms with Crippen LogP contribution in [0, 0.1) is 5.92 Å². The topological polar surface area (TPSA) is 80.1 Å². The van der Waals surface area contributed by atoms with E-state index in [2.05, 4.69) is 29.5 Å². The van der Waals surface area contributed by atoms with E-state index in [4.69, 9.17) is 0 Å².